The van der Waals surface area contributed by atoms with E-state index >= 15 is 0 Å². The standard InChI is InChI=1S/C16H19NO4/c1-11-8-9-20-15(11)16(18)17-10-12(2)21-14-6-4-13(19-3)5-7-14/h4-9,12H,10H2,1-3H3,(H,17,18)/t12-/m0/s1. The van der Waals surface area contributed by atoms with E-state index in [1.807, 2.05) is 38.1 Å². The molecular weight excluding hydrogens is 270 g/mol. The van der Waals surface area contributed by atoms with Gasteiger partial charge in [0.1, 0.15) is 17.6 Å². The molecule has 5 heteroatoms. The van der Waals surface area contributed by atoms with Crippen LogP contribution in [-0.2, 0) is 0 Å². The minimum absolute atomic E-state index is 0.155. The Morgan fingerprint density at radius 2 is 1.90 bits per heavy atom. The Morgan fingerprint density at radius 3 is 2.48 bits per heavy atom. The topological polar surface area (TPSA) is 60.7 Å². The van der Waals surface area contributed by atoms with E-state index < -0.39 is 0 Å². The summed E-state index contributed by atoms with van der Waals surface area (Å²) in [5, 5.41) is 2.79. The number of benzene rings is 1. The molecule has 112 valence electrons. The zero-order valence-corrected chi connectivity index (χ0v) is 12.4. The van der Waals surface area contributed by atoms with Crippen LogP contribution in [0.2, 0.25) is 0 Å². The highest BCUT2D eigenvalue weighted by atomic mass is 16.5. The quantitative estimate of drug-likeness (QED) is 0.888. The highest BCUT2D eigenvalue weighted by molar-refractivity contribution is 5.92. The number of aryl methyl sites for hydroxylation is 1. The zero-order valence-electron chi connectivity index (χ0n) is 12.4. The predicted octanol–water partition coefficient (Wildman–Crippen LogP) is 2.79. The van der Waals surface area contributed by atoms with Crippen molar-refractivity contribution in [1.29, 1.82) is 0 Å². The molecule has 1 heterocycles. The minimum Gasteiger partial charge on any atom is -0.497 e. The molecule has 0 radical (unpaired) electrons. The lowest BCUT2D eigenvalue weighted by Gasteiger charge is -2.15. The van der Waals surface area contributed by atoms with Crippen LogP contribution >= 0.6 is 0 Å². The number of nitrogens with one attached hydrogen (secondary N) is 1. The van der Waals surface area contributed by atoms with Crippen LogP contribution in [0.25, 0.3) is 0 Å². The van der Waals surface area contributed by atoms with Crippen LogP contribution in [0, 0.1) is 6.92 Å². The molecule has 2 rings (SSSR count). The van der Waals surface area contributed by atoms with Gasteiger partial charge in [-0.05, 0) is 44.2 Å². The molecule has 5 nitrogen and oxygen atoms in total. The molecule has 0 aliphatic heterocycles. The Kier molecular flexibility index (Phi) is 4.87. The molecule has 1 atom stereocenters. The van der Waals surface area contributed by atoms with Crippen molar-refractivity contribution in [3.8, 4) is 11.5 Å². The molecule has 0 fully saturated rings. The highest BCUT2D eigenvalue weighted by Gasteiger charge is 2.13. The maximum Gasteiger partial charge on any atom is 0.287 e. The van der Waals surface area contributed by atoms with E-state index in [4.69, 9.17) is 13.9 Å². The van der Waals surface area contributed by atoms with Gasteiger partial charge in [0.15, 0.2) is 5.76 Å². The van der Waals surface area contributed by atoms with Crippen molar-refractivity contribution in [3.05, 3.63) is 47.9 Å². The second kappa shape index (κ2) is 6.83. The Bertz CT molecular complexity index is 589. The average molecular weight is 289 g/mol. The lowest BCUT2D eigenvalue weighted by molar-refractivity contribution is 0.0903. The Balaban J connectivity index is 1.83. The molecule has 2 aromatic rings. The molecule has 0 saturated carbocycles. The summed E-state index contributed by atoms with van der Waals surface area (Å²) in [4.78, 5) is 11.9. The Labute approximate surface area is 123 Å². The number of methoxy groups -OCH3 is 1. The van der Waals surface area contributed by atoms with Crippen LogP contribution in [0.1, 0.15) is 23.0 Å². The Hall–Kier alpha value is -2.43. The molecule has 1 aromatic carbocycles. The summed E-state index contributed by atoms with van der Waals surface area (Å²) in [6, 6.07) is 9.06. The van der Waals surface area contributed by atoms with Crippen molar-refractivity contribution in [1.82, 2.24) is 5.32 Å². The number of rotatable bonds is 6. The van der Waals surface area contributed by atoms with E-state index in [9.17, 15) is 4.79 Å². The number of hydrogen-bond acceptors (Lipinski definition) is 4. The number of carbonyl (C=O) groups excluding carboxylic acids is 1. The van der Waals surface area contributed by atoms with Crippen molar-refractivity contribution in [3.63, 3.8) is 0 Å². The molecule has 21 heavy (non-hydrogen) atoms. The Morgan fingerprint density at radius 1 is 1.24 bits per heavy atom. The van der Waals surface area contributed by atoms with Gasteiger partial charge in [0.2, 0.25) is 0 Å². The largest absolute Gasteiger partial charge is 0.497 e. The summed E-state index contributed by atoms with van der Waals surface area (Å²) < 4.78 is 15.9. The lowest BCUT2D eigenvalue weighted by atomic mass is 10.2. The van der Waals surface area contributed by atoms with E-state index in [0.29, 0.717) is 12.3 Å². The van der Waals surface area contributed by atoms with Crippen LogP contribution in [0.15, 0.2) is 41.0 Å². The number of hydrogen-bond donors (Lipinski definition) is 1. The fourth-order valence-electron chi connectivity index (χ4n) is 1.85. The first kappa shape index (κ1) is 15.0. The molecule has 1 N–H and O–H groups in total. The molecular formula is C16H19NO4. The smallest absolute Gasteiger partial charge is 0.287 e. The van der Waals surface area contributed by atoms with Crippen molar-refractivity contribution in [2.24, 2.45) is 0 Å². The van der Waals surface area contributed by atoms with Gasteiger partial charge in [-0.15, -0.1) is 0 Å². The third kappa shape index (κ3) is 4.02. The third-order valence-electron chi connectivity index (χ3n) is 3.02. The molecule has 0 aliphatic rings. The van der Waals surface area contributed by atoms with Gasteiger partial charge in [0.25, 0.3) is 5.91 Å². The van der Waals surface area contributed by atoms with E-state index in [1.54, 1.807) is 13.2 Å². The fraction of sp³-hybridized carbons (Fsp3) is 0.312. The number of ether oxygens (including phenoxy) is 2. The number of amides is 1. The van der Waals surface area contributed by atoms with Gasteiger partial charge < -0.3 is 19.2 Å². The molecule has 0 spiro atoms. The van der Waals surface area contributed by atoms with Crippen LogP contribution in [0.5, 0.6) is 11.5 Å². The van der Waals surface area contributed by atoms with Gasteiger partial charge >= 0.3 is 0 Å². The van der Waals surface area contributed by atoms with Crippen molar-refractivity contribution in [2.75, 3.05) is 13.7 Å². The monoisotopic (exact) mass is 289 g/mol. The van der Waals surface area contributed by atoms with E-state index in [1.165, 1.54) is 6.26 Å². The third-order valence-corrected chi connectivity index (χ3v) is 3.02. The highest BCUT2D eigenvalue weighted by Crippen LogP contribution is 2.18. The number of furan rings is 1. The van der Waals surface area contributed by atoms with Gasteiger partial charge in [-0.1, -0.05) is 0 Å². The first-order valence-electron chi connectivity index (χ1n) is 6.73. The lowest BCUT2D eigenvalue weighted by Crippen LogP contribution is -2.33. The van der Waals surface area contributed by atoms with Gasteiger partial charge in [0, 0.05) is 5.56 Å². The summed E-state index contributed by atoms with van der Waals surface area (Å²) in [5.74, 6) is 1.61. The van der Waals surface area contributed by atoms with Gasteiger partial charge in [-0.25, -0.2) is 0 Å². The number of carbonyl (C=O) groups is 1. The summed E-state index contributed by atoms with van der Waals surface area (Å²) in [7, 11) is 1.62. The first-order chi connectivity index (χ1) is 10.1. The van der Waals surface area contributed by atoms with Crippen LogP contribution in [-0.4, -0.2) is 25.7 Å². The normalized spacial score (nSPS) is 11.8. The van der Waals surface area contributed by atoms with Crippen LogP contribution in [0.3, 0.4) is 0 Å². The predicted molar refractivity (Wildman–Crippen MR) is 78.9 cm³/mol. The molecule has 0 bridgehead atoms. The van der Waals surface area contributed by atoms with E-state index in [-0.39, 0.29) is 12.0 Å². The average Bonchev–Trinajstić information content (AvgIpc) is 2.92. The van der Waals surface area contributed by atoms with Crippen molar-refractivity contribution in [2.45, 2.75) is 20.0 Å². The first-order valence-corrected chi connectivity index (χ1v) is 6.73. The minimum atomic E-state index is -0.234. The molecule has 0 saturated heterocycles. The molecule has 0 unspecified atom stereocenters. The van der Waals surface area contributed by atoms with Crippen molar-refractivity contribution >= 4 is 5.91 Å². The molecule has 1 aromatic heterocycles. The van der Waals surface area contributed by atoms with Gasteiger partial charge in [-0.2, -0.15) is 0 Å². The zero-order chi connectivity index (χ0) is 15.2. The SMILES string of the molecule is COc1ccc(O[C@@H](C)CNC(=O)c2occc2C)cc1. The second-order valence-corrected chi connectivity index (χ2v) is 4.75. The van der Waals surface area contributed by atoms with Gasteiger partial charge in [0.05, 0.1) is 19.9 Å². The maximum absolute atomic E-state index is 11.9. The summed E-state index contributed by atoms with van der Waals surface area (Å²) in [6.07, 6.45) is 1.35. The van der Waals surface area contributed by atoms with Crippen LogP contribution < -0.4 is 14.8 Å². The summed E-state index contributed by atoms with van der Waals surface area (Å²) >= 11 is 0. The molecule has 0 aliphatic carbocycles. The van der Waals surface area contributed by atoms with Crippen molar-refractivity contribution < 1.29 is 18.7 Å². The maximum atomic E-state index is 11.9. The van der Waals surface area contributed by atoms with E-state index in [0.717, 1.165) is 17.1 Å². The van der Waals surface area contributed by atoms with E-state index in [2.05, 4.69) is 5.32 Å². The fourth-order valence-corrected chi connectivity index (χ4v) is 1.85. The summed E-state index contributed by atoms with van der Waals surface area (Å²) in [5.41, 5.74) is 0.816. The molecule has 1 amide bonds. The second-order valence-electron chi connectivity index (χ2n) is 4.75. The van der Waals surface area contributed by atoms with Crippen LogP contribution in [0.4, 0.5) is 0 Å². The summed E-state index contributed by atoms with van der Waals surface area (Å²) in [6.45, 7) is 4.11. The van der Waals surface area contributed by atoms with Gasteiger partial charge in [-0.3, -0.25) is 4.79 Å².